The van der Waals surface area contributed by atoms with Crippen molar-refractivity contribution < 1.29 is 9.53 Å². The van der Waals surface area contributed by atoms with Crippen molar-refractivity contribution in [2.75, 3.05) is 5.32 Å². The number of anilines is 1. The fourth-order valence-electron chi connectivity index (χ4n) is 2.64. The first-order chi connectivity index (χ1) is 10.3. The molecule has 1 amide bonds. The SMILES string of the molecule is O=C(Nc1cccc(OC2CCCC2)c1)c1ccccc1. The molecule has 0 aliphatic heterocycles. The fraction of sp³-hybridized carbons (Fsp3) is 0.278. The monoisotopic (exact) mass is 281 g/mol. The first-order valence-electron chi connectivity index (χ1n) is 7.44. The molecule has 3 nitrogen and oxygen atoms in total. The van der Waals surface area contributed by atoms with E-state index in [-0.39, 0.29) is 5.91 Å². The average molecular weight is 281 g/mol. The van der Waals surface area contributed by atoms with E-state index in [4.69, 9.17) is 4.74 Å². The van der Waals surface area contributed by atoms with Crippen molar-refractivity contribution >= 4 is 11.6 Å². The Morgan fingerprint density at radius 3 is 2.52 bits per heavy atom. The van der Waals surface area contributed by atoms with Gasteiger partial charge in [-0.05, 0) is 49.9 Å². The van der Waals surface area contributed by atoms with Crippen molar-refractivity contribution in [3.8, 4) is 5.75 Å². The molecular formula is C18H19NO2. The van der Waals surface area contributed by atoms with Gasteiger partial charge in [-0.25, -0.2) is 0 Å². The van der Waals surface area contributed by atoms with Crippen LogP contribution in [0.3, 0.4) is 0 Å². The Bertz CT molecular complexity index is 604. The summed E-state index contributed by atoms with van der Waals surface area (Å²) >= 11 is 0. The number of hydrogen-bond donors (Lipinski definition) is 1. The summed E-state index contributed by atoms with van der Waals surface area (Å²) in [6.07, 6.45) is 5.07. The van der Waals surface area contributed by atoms with Crippen molar-refractivity contribution in [3.63, 3.8) is 0 Å². The minimum Gasteiger partial charge on any atom is -0.490 e. The molecule has 2 aromatic carbocycles. The van der Waals surface area contributed by atoms with Gasteiger partial charge in [0.25, 0.3) is 5.91 Å². The van der Waals surface area contributed by atoms with Crippen LogP contribution in [0.2, 0.25) is 0 Å². The highest BCUT2D eigenvalue weighted by Gasteiger charge is 2.16. The molecule has 3 heteroatoms. The Labute approximate surface area is 124 Å². The summed E-state index contributed by atoms with van der Waals surface area (Å²) in [5.74, 6) is 0.723. The lowest BCUT2D eigenvalue weighted by Gasteiger charge is -2.14. The van der Waals surface area contributed by atoms with Gasteiger partial charge in [0.2, 0.25) is 0 Å². The number of rotatable bonds is 4. The molecule has 0 atom stereocenters. The normalized spacial score (nSPS) is 14.9. The van der Waals surface area contributed by atoms with Crippen LogP contribution in [0, 0.1) is 0 Å². The average Bonchev–Trinajstić information content (AvgIpc) is 3.01. The molecule has 3 rings (SSSR count). The maximum absolute atomic E-state index is 12.1. The maximum atomic E-state index is 12.1. The molecule has 0 spiro atoms. The van der Waals surface area contributed by atoms with Crippen LogP contribution in [-0.4, -0.2) is 12.0 Å². The molecule has 0 saturated heterocycles. The maximum Gasteiger partial charge on any atom is 0.255 e. The van der Waals surface area contributed by atoms with Gasteiger partial charge in [0.15, 0.2) is 0 Å². The molecule has 1 N–H and O–H groups in total. The van der Waals surface area contributed by atoms with Gasteiger partial charge in [0, 0.05) is 17.3 Å². The largest absolute Gasteiger partial charge is 0.490 e. The molecule has 0 bridgehead atoms. The molecule has 2 aromatic rings. The lowest BCUT2D eigenvalue weighted by atomic mass is 10.2. The molecule has 0 unspecified atom stereocenters. The number of ether oxygens (including phenoxy) is 1. The Kier molecular flexibility index (Phi) is 4.20. The molecule has 108 valence electrons. The second kappa shape index (κ2) is 6.44. The Balaban J connectivity index is 1.66. The molecule has 0 aromatic heterocycles. The van der Waals surface area contributed by atoms with Crippen LogP contribution in [0.15, 0.2) is 54.6 Å². The van der Waals surface area contributed by atoms with Crippen LogP contribution in [-0.2, 0) is 0 Å². The topological polar surface area (TPSA) is 38.3 Å². The van der Waals surface area contributed by atoms with Crippen LogP contribution in [0.25, 0.3) is 0 Å². The first kappa shape index (κ1) is 13.7. The van der Waals surface area contributed by atoms with Crippen LogP contribution >= 0.6 is 0 Å². The van der Waals surface area contributed by atoms with E-state index in [0.717, 1.165) is 24.3 Å². The third-order valence-electron chi connectivity index (χ3n) is 3.73. The summed E-state index contributed by atoms with van der Waals surface area (Å²) in [6.45, 7) is 0. The van der Waals surface area contributed by atoms with E-state index in [0.29, 0.717) is 11.7 Å². The Morgan fingerprint density at radius 2 is 1.76 bits per heavy atom. The van der Waals surface area contributed by atoms with Gasteiger partial charge >= 0.3 is 0 Å². The molecule has 1 fully saturated rings. The molecule has 1 saturated carbocycles. The minimum atomic E-state index is -0.103. The zero-order valence-corrected chi connectivity index (χ0v) is 11.9. The first-order valence-corrected chi connectivity index (χ1v) is 7.44. The standard InChI is InChI=1S/C18H19NO2/c20-18(14-7-2-1-3-8-14)19-15-9-6-12-17(13-15)21-16-10-4-5-11-16/h1-3,6-9,12-13,16H,4-5,10-11H2,(H,19,20). The third-order valence-corrected chi connectivity index (χ3v) is 3.73. The molecule has 1 aliphatic carbocycles. The van der Waals surface area contributed by atoms with Crippen LogP contribution in [0.5, 0.6) is 5.75 Å². The zero-order chi connectivity index (χ0) is 14.5. The smallest absolute Gasteiger partial charge is 0.255 e. The molecule has 1 aliphatic rings. The van der Waals surface area contributed by atoms with Crippen molar-refractivity contribution in [3.05, 3.63) is 60.2 Å². The Morgan fingerprint density at radius 1 is 1.00 bits per heavy atom. The highest BCUT2D eigenvalue weighted by Crippen LogP contribution is 2.25. The van der Waals surface area contributed by atoms with E-state index < -0.39 is 0 Å². The van der Waals surface area contributed by atoms with E-state index in [1.54, 1.807) is 12.1 Å². The number of carbonyl (C=O) groups excluding carboxylic acids is 1. The van der Waals surface area contributed by atoms with Gasteiger partial charge in [-0.3, -0.25) is 4.79 Å². The van der Waals surface area contributed by atoms with Crippen molar-refractivity contribution in [2.24, 2.45) is 0 Å². The van der Waals surface area contributed by atoms with E-state index >= 15 is 0 Å². The van der Waals surface area contributed by atoms with E-state index in [2.05, 4.69) is 5.32 Å². The summed E-state index contributed by atoms with van der Waals surface area (Å²) in [5, 5.41) is 2.90. The van der Waals surface area contributed by atoms with Gasteiger partial charge in [0.05, 0.1) is 6.10 Å². The van der Waals surface area contributed by atoms with E-state index in [1.165, 1.54) is 12.8 Å². The molecule has 0 heterocycles. The second-order valence-electron chi connectivity index (χ2n) is 5.37. The highest BCUT2D eigenvalue weighted by atomic mass is 16.5. The lowest BCUT2D eigenvalue weighted by molar-refractivity contribution is 0.102. The number of benzene rings is 2. The summed E-state index contributed by atoms with van der Waals surface area (Å²) in [4.78, 5) is 12.1. The fourth-order valence-corrected chi connectivity index (χ4v) is 2.64. The van der Waals surface area contributed by atoms with Gasteiger partial charge in [-0.1, -0.05) is 24.3 Å². The quantitative estimate of drug-likeness (QED) is 0.909. The predicted molar refractivity (Wildman–Crippen MR) is 83.7 cm³/mol. The van der Waals surface area contributed by atoms with Crippen molar-refractivity contribution in [1.82, 2.24) is 0 Å². The van der Waals surface area contributed by atoms with E-state index in [9.17, 15) is 4.79 Å². The minimum absolute atomic E-state index is 0.103. The van der Waals surface area contributed by atoms with Gasteiger partial charge in [0.1, 0.15) is 5.75 Å². The number of carbonyl (C=O) groups is 1. The molecular weight excluding hydrogens is 262 g/mol. The number of hydrogen-bond acceptors (Lipinski definition) is 2. The lowest BCUT2D eigenvalue weighted by Crippen LogP contribution is -2.13. The van der Waals surface area contributed by atoms with Crippen molar-refractivity contribution in [2.45, 2.75) is 31.8 Å². The molecule has 21 heavy (non-hydrogen) atoms. The second-order valence-corrected chi connectivity index (χ2v) is 5.37. The molecule has 0 radical (unpaired) electrons. The van der Waals surface area contributed by atoms with Gasteiger partial charge in [-0.2, -0.15) is 0 Å². The van der Waals surface area contributed by atoms with Gasteiger partial charge in [-0.15, -0.1) is 0 Å². The zero-order valence-electron chi connectivity index (χ0n) is 11.9. The summed E-state index contributed by atoms with van der Waals surface area (Å²) in [7, 11) is 0. The summed E-state index contributed by atoms with van der Waals surface area (Å²) in [6, 6.07) is 16.8. The van der Waals surface area contributed by atoms with Gasteiger partial charge < -0.3 is 10.1 Å². The third kappa shape index (κ3) is 3.63. The summed E-state index contributed by atoms with van der Waals surface area (Å²) < 4.78 is 5.95. The number of amides is 1. The van der Waals surface area contributed by atoms with Crippen LogP contribution in [0.4, 0.5) is 5.69 Å². The van der Waals surface area contributed by atoms with Crippen LogP contribution in [0.1, 0.15) is 36.0 Å². The van der Waals surface area contributed by atoms with Crippen LogP contribution < -0.4 is 10.1 Å². The van der Waals surface area contributed by atoms with E-state index in [1.807, 2.05) is 42.5 Å². The predicted octanol–water partition coefficient (Wildman–Crippen LogP) is 4.26. The number of nitrogens with one attached hydrogen (secondary N) is 1. The Hall–Kier alpha value is -2.29. The van der Waals surface area contributed by atoms with Crippen molar-refractivity contribution in [1.29, 1.82) is 0 Å². The summed E-state index contributed by atoms with van der Waals surface area (Å²) in [5.41, 5.74) is 1.42. The highest BCUT2D eigenvalue weighted by molar-refractivity contribution is 6.04.